The predicted molar refractivity (Wildman–Crippen MR) is 211 cm³/mol. The lowest BCUT2D eigenvalue weighted by molar-refractivity contribution is -0.136. The molecule has 0 radical (unpaired) electrons. The van der Waals surface area contributed by atoms with E-state index in [1.807, 2.05) is 19.2 Å². The van der Waals surface area contributed by atoms with Crippen LogP contribution < -0.4 is 10.2 Å². The quantitative estimate of drug-likeness (QED) is 0.352. The lowest BCUT2D eigenvalue weighted by Crippen LogP contribution is -2.53. The Morgan fingerprint density at radius 1 is 1.00 bits per heavy atom. The average Bonchev–Trinajstić information content (AvgIpc) is 3.96. The standard InChI is InChI=1S/C27H35ClFN5O4S.C11H18ClNO4/c1-15(2)10-20(26(37)34-12-18(28)24-23(34)22(35)13-38-24)30-25(36)16-4-5-17(19(29)11-16)21-14-39-27(31-21)33-8-6-32(3)7-9-33;1-11(2,3)17-10(15)13-4-6(12)9-8(13)7(14)5-16-9/h4-5,11,14-15,18,20,22-24,35H,6-10,12-13H2,1-3H3,(H,30,36);6-9,14H,4-5H2,1-3H3/t18-,20+,22+,23-,24-;6-,7+,8-,9-/m11/s1. The Hall–Kier alpha value is -2.83. The number of aliphatic hydroxyl groups is 2. The average molecular weight is 844 g/mol. The molecular formula is C38H53Cl2FN6O8S. The van der Waals surface area contributed by atoms with Crippen molar-refractivity contribution in [3.8, 4) is 11.3 Å². The highest BCUT2D eigenvalue weighted by Crippen LogP contribution is 2.35. The number of aromatic nitrogens is 1. The zero-order chi connectivity index (χ0) is 40.6. The van der Waals surface area contributed by atoms with E-state index in [0.29, 0.717) is 24.2 Å². The minimum absolute atomic E-state index is 0.104. The van der Waals surface area contributed by atoms with Gasteiger partial charge in [0, 0.05) is 55.8 Å². The number of carbonyl (C=O) groups is 3. The molecule has 0 unspecified atom stereocenters. The number of hydrogen-bond acceptors (Lipinski definition) is 12. The van der Waals surface area contributed by atoms with Gasteiger partial charge in [0.25, 0.3) is 5.91 Å². The SMILES string of the molecule is CC(C)(C)OC(=O)N1C[C@@H](Cl)[C@H]2OC[C@H](O)[C@H]21.CC(C)C[C@H](NC(=O)c1ccc(-c2csc(N3CCN(C)CC3)n2)c(F)c1)C(=O)N1C[C@@H](Cl)[C@H]2OC[C@H](O)[C@H]21. The van der Waals surface area contributed by atoms with E-state index in [0.717, 1.165) is 31.3 Å². The number of carbonyl (C=O) groups excluding carboxylic acids is 3. The van der Waals surface area contributed by atoms with Gasteiger partial charge in [-0.3, -0.25) is 14.5 Å². The Balaban J connectivity index is 0.000000261. The minimum Gasteiger partial charge on any atom is -0.444 e. The van der Waals surface area contributed by atoms with Crippen LogP contribution in [0.25, 0.3) is 11.3 Å². The van der Waals surface area contributed by atoms with Gasteiger partial charge in [0.05, 0.1) is 54.0 Å². The zero-order valence-corrected chi connectivity index (χ0v) is 34.9. The van der Waals surface area contributed by atoms with Crippen LogP contribution in [0.2, 0.25) is 0 Å². The molecule has 56 heavy (non-hydrogen) atoms. The molecule has 5 aliphatic heterocycles. The van der Waals surface area contributed by atoms with E-state index >= 15 is 4.39 Å². The van der Waals surface area contributed by atoms with Crippen molar-refractivity contribution in [2.24, 2.45) is 5.92 Å². The molecule has 5 fully saturated rings. The van der Waals surface area contributed by atoms with Crippen molar-refractivity contribution in [1.29, 1.82) is 0 Å². The number of nitrogens with zero attached hydrogens (tertiary/aromatic N) is 5. The summed E-state index contributed by atoms with van der Waals surface area (Å²) in [6.45, 7) is 13.9. The molecule has 1 aromatic heterocycles. The second-order valence-electron chi connectivity index (χ2n) is 16.5. The maximum Gasteiger partial charge on any atom is 0.410 e. The van der Waals surface area contributed by atoms with Crippen molar-refractivity contribution < 1.29 is 43.2 Å². The van der Waals surface area contributed by atoms with Crippen molar-refractivity contribution in [3.63, 3.8) is 0 Å². The summed E-state index contributed by atoms with van der Waals surface area (Å²) in [6, 6.07) is 2.52. The third kappa shape index (κ3) is 9.54. The van der Waals surface area contributed by atoms with E-state index in [-0.39, 0.29) is 54.7 Å². The number of likely N-dealkylation sites (N-methyl/N-ethyl adjacent to an activating group) is 1. The van der Waals surface area contributed by atoms with Gasteiger partial charge in [0.15, 0.2) is 5.13 Å². The number of thiazole rings is 1. The first-order chi connectivity index (χ1) is 26.4. The summed E-state index contributed by atoms with van der Waals surface area (Å²) in [4.78, 5) is 50.8. The topological polar surface area (TPSA) is 157 Å². The molecule has 0 aliphatic carbocycles. The van der Waals surface area contributed by atoms with Crippen LogP contribution in [0.3, 0.4) is 0 Å². The first-order valence-corrected chi connectivity index (χ1v) is 20.8. The Kier molecular flexibility index (Phi) is 13.4. The molecule has 18 heteroatoms. The Morgan fingerprint density at radius 3 is 2.16 bits per heavy atom. The summed E-state index contributed by atoms with van der Waals surface area (Å²) in [5, 5.41) is 25.0. The van der Waals surface area contributed by atoms with Crippen LogP contribution in [0.4, 0.5) is 14.3 Å². The first kappa shape index (κ1) is 42.8. The smallest absolute Gasteiger partial charge is 0.410 e. The van der Waals surface area contributed by atoms with Gasteiger partial charge in [-0.15, -0.1) is 34.5 Å². The summed E-state index contributed by atoms with van der Waals surface area (Å²) >= 11 is 14.0. The second-order valence-corrected chi connectivity index (χ2v) is 18.5. The third-order valence-corrected chi connectivity index (χ3v) is 12.2. The third-order valence-electron chi connectivity index (χ3n) is 10.6. The largest absolute Gasteiger partial charge is 0.444 e. The molecule has 5 aliphatic rings. The maximum absolute atomic E-state index is 15.2. The molecule has 14 nitrogen and oxygen atoms in total. The second kappa shape index (κ2) is 17.6. The zero-order valence-electron chi connectivity index (χ0n) is 32.6. The van der Waals surface area contributed by atoms with Crippen LogP contribution in [-0.4, -0.2) is 166 Å². The molecule has 310 valence electrons. The highest BCUT2D eigenvalue weighted by Gasteiger charge is 2.53. The van der Waals surface area contributed by atoms with Crippen molar-refractivity contribution in [2.75, 3.05) is 64.4 Å². The highest BCUT2D eigenvalue weighted by molar-refractivity contribution is 7.14. The molecule has 1 aromatic carbocycles. The van der Waals surface area contributed by atoms with Gasteiger partial charge in [-0.25, -0.2) is 14.2 Å². The van der Waals surface area contributed by atoms with E-state index in [9.17, 15) is 24.6 Å². The number of likely N-dealkylation sites (tertiary alicyclic amines) is 2. The normalized spacial score (nSPS) is 29.5. The van der Waals surface area contributed by atoms with Gasteiger partial charge in [-0.2, -0.15) is 0 Å². The van der Waals surface area contributed by atoms with Crippen LogP contribution in [0.1, 0.15) is 51.4 Å². The molecule has 9 atom stereocenters. The molecule has 7 rings (SSSR count). The number of ether oxygens (including phenoxy) is 3. The fourth-order valence-electron chi connectivity index (χ4n) is 7.77. The van der Waals surface area contributed by atoms with Crippen molar-refractivity contribution in [2.45, 2.75) is 99.9 Å². The number of fused-ring (bicyclic) bond motifs is 2. The number of aliphatic hydroxyl groups excluding tert-OH is 2. The number of rotatable bonds is 7. The van der Waals surface area contributed by atoms with Gasteiger partial charge in [-0.05, 0) is 58.4 Å². The van der Waals surface area contributed by atoms with E-state index in [1.54, 1.807) is 32.9 Å². The summed E-state index contributed by atoms with van der Waals surface area (Å²) in [5.41, 5.74) is 0.417. The van der Waals surface area contributed by atoms with E-state index in [2.05, 4.69) is 27.1 Å². The maximum atomic E-state index is 15.2. The molecule has 0 bridgehead atoms. The fourth-order valence-corrected chi connectivity index (χ4v) is 9.39. The number of alkyl halides is 2. The van der Waals surface area contributed by atoms with Crippen LogP contribution in [0, 0.1) is 11.7 Å². The van der Waals surface area contributed by atoms with Crippen LogP contribution in [0.15, 0.2) is 23.6 Å². The number of nitrogens with one attached hydrogen (secondary N) is 1. The van der Waals surface area contributed by atoms with Gasteiger partial charge < -0.3 is 44.4 Å². The van der Waals surface area contributed by atoms with Crippen molar-refractivity contribution in [3.05, 3.63) is 35.0 Å². The molecular weight excluding hydrogens is 790 g/mol. The van der Waals surface area contributed by atoms with Crippen molar-refractivity contribution >= 4 is 57.6 Å². The molecule has 3 amide bonds. The molecule has 0 saturated carbocycles. The van der Waals surface area contributed by atoms with E-state index in [1.165, 1.54) is 27.2 Å². The lowest BCUT2D eigenvalue weighted by atomic mass is 10.0. The molecule has 2 aromatic rings. The van der Waals surface area contributed by atoms with E-state index in [4.69, 9.17) is 37.4 Å². The highest BCUT2D eigenvalue weighted by atomic mass is 35.5. The van der Waals surface area contributed by atoms with Gasteiger partial charge in [0.1, 0.15) is 29.7 Å². The van der Waals surface area contributed by atoms with Crippen LogP contribution in [0.5, 0.6) is 0 Å². The van der Waals surface area contributed by atoms with Crippen LogP contribution in [-0.2, 0) is 19.0 Å². The summed E-state index contributed by atoms with van der Waals surface area (Å²) < 4.78 is 31.5. The number of benzene rings is 1. The van der Waals surface area contributed by atoms with Gasteiger partial charge in [-0.1, -0.05) is 13.8 Å². The lowest BCUT2D eigenvalue weighted by Gasteiger charge is -2.32. The molecule has 3 N–H and O–H groups in total. The molecule has 6 heterocycles. The summed E-state index contributed by atoms with van der Waals surface area (Å²) in [5.74, 6) is -1.32. The van der Waals surface area contributed by atoms with Crippen molar-refractivity contribution in [1.82, 2.24) is 25.0 Å². The van der Waals surface area contributed by atoms with E-state index < -0.39 is 59.2 Å². The predicted octanol–water partition coefficient (Wildman–Crippen LogP) is 3.40. The molecule has 0 spiro atoms. The number of piperazine rings is 1. The Labute approximate surface area is 341 Å². The summed E-state index contributed by atoms with van der Waals surface area (Å²) in [7, 11) is 2.09. The number of anilines is 1. The van der Waals surface area contributed by atoms with Crippen LogP contribution >= 0.6 is 34.5 Å². The summed E-state index contributed by atoms with van der Waals surface area (Å²) in [6.07, 6.45) is -2.31. The van der Waals surface area contributed by atoms with Gasteiger partial charge >= 0.3 is 6.09 Å². The number of amides is 3. The Morgan fingerprint density at radius 2 is 1.59 bits per heavy atom. The number of halogens is 3. The van der Waals surface area contributed by atoms with Gasteiger partial charge in [0.2, 0.25) is 5.91 Å². The number of hydrogen-bond donors (Lipinski definition) is 3. The minimum atomic E-state index is -0.847. The Bertz CT molecular complexity index is 1730. The monoisotopic (exact) mass is 842 g/mol. The fraction of sp³-hybridized carbons (Fsp3) is 0.684. The first-order valence-electron chi connectivity index (χ1n) is 19.1. The molecule has 5 saturated heterocycles.